The van der Waals surface area contributed by atoms with Crippen LogP contribution in [-0.2, 0) is 26.2 Å². The van der Waals surface area contributed by atoms with Crippen molar-refractivity contribution < 1.29 is 18.0 Å². The van der Waals surface area contributed by atoms with Crippen molar-refractivity contribution in [3.63, 3.8) is 0 Å². The van der Waals surface area contributed by atoms with Crippen LogP contribution in [0.15, 0.2) is 53.0 Å². The van der Waals surface area contributed by atoms with Crippen LogP contribution in [0.4, 0.5) is 5.69 Å². The van der Waals surface area contributed by atoms with E-state index in [1.165, 1.54) is 4.90 Å². The summed E-state index contributed by atoms with van der Waals surface area (Å²) in [6.45, 7) is 7.87. The van der Waals surface area contributed by atoms with Gasteiger partial charge >= 0.3 is 0 Å². The lowest BCUT2D eigenvalue weighted by molar-refractivity contribution is -0.139. The molecule has 180 valence electrons. The average Bonchev–Trinajstić information content (AvgIpc) is 2.74. The summed E-state index contributed by atoms with van der Waals surface area (Å²) in [4.78, 5) is 27.6. The highest BCUT2D eigenvalue weighted by Gasteiger charge is 2.30. The molecule has 2 amide bonds. The van der Waals surface area contributed by atoms with Crippen LogP contribution in [0.25, 0.3) is 0 Å². The molecule has 0 saturated carbocycles. The fraction of sp³-hybridized carbons (Fsp3) is 0.417. The number of aryl methyl sites for hydroxylation is 1. The molecule has 0 aliphatic rings. The number of nitrogens with one attached hydrogen (secondary N) is 1. The minimum absolute atomic E-state index is 0.188. The van der Waals surface area contributed by atoms with Gasteiger partial charge in [-0.1, -0.05) is 59.6 Å². The molecule has 0 aliphatic carbocycles. The Morgan fingerprint density at radius 1 is 1.00 bits per heavy atom. The normalized spacial score (nSPS) is 12.3. The summed E-state index contributed by atoms with van der Waals surface area (Å²) < 4.78 is 26.9. The molecule has 0 bridgehead atoms. The van der Waals surface area contributed by atoms with E-state index in [-0.39, 0.29) is 18.4 Å². The molecule has 0 fully saturated rings. The Kier molecular flexibility index (Phi) is 9.48. The van der Waals surface area contributed by atoms with Crippen LogP contribution in [0.1, 0.15) is 31.9 Å². The summed E-state index contributed by atoms with van der Waals surface area (Å²) in [7, 11) is -3.74. The van der Waals surface area contributed by atoms with Crippen LogP contribution in [0.2, 0.25) is 0 Å². The number of halogens is 1. The molecule has 0 heterocycles. The molecule has 0 spiro atoms. The van der Waals surface area contributed by atoms with E-state index in [1.54, 1.807) is 31.2 Å². The topological polar surface area (TPSA) is 86.8 Å². The maximum Gasteiger partial charge on any atom is 0.244 e. The van der Waals surface area contributed by atoms with Gasteiger partial charge in [-0.25, -0.2) is 8.42 Å². The van der Waals surface area contributed by atoms with Gasteiger partial charge in [0.1, 0.15) is 12.6 Å². The van der Waals surface area contributed by atoms with Crippen LogP contribution in [-0.4, -0.2) is 50.5 Å². The van der Waals surface area contributed by atoms with Gasteiger partial charge in [0, 0.05) is 17.6 Å². The van der Waals surface area contributed by atoms with Gasteiger partial charge in [0.25, 0.3) is 0 Å². The quantitative estimate of drug-likeness (QED) is 0.500. The molecule has 0 saturated heterocycles. The highest BCUT2D eigenvalue weighted by atomic mass is 79.9. The van der Waals surface area contributed by atoms with Crippen LogP contribution in [0.3, 0.4) is 0 Å². The minimum atomic E-state index is -3.74. The number of anilines is 1. The van der Waals surface area contributed by atoms with Crippen LogP contribution in [0.5, 0.6) is 0 Å². The summed E-state index contributed by atoms with van der Waals surface area (Å²) in [5, 5.41) is 2.86. The Balaban J connectivity index is 2.34. The van der Waals surface area contributed by atoms with Crippen molar-refractivity contribution in [3.8, 4) is 0 Å². The zero-order chi connectivity index (χ0) is 24.8. The predicted octanol–water partition coefficient (Wildman–Crippen LogP) is 3.71. The van der Waals surface area contributed by atoms with Crippen molar-refractivity contribution in [2.24, 2.45) is 5.92 Å². The second kappa shape index (κ2) is 11.7. The van der Waals surface area contributed by atoms with Crippen molar-refractivity contribution in [3.05, 3.63) is 64.1 Å². The van der Waals surface area contributed by atoms with Gasteiger partial charge in [-0.15, -0.1) is 0 Å². The van der Waals surface area contributed by atoms with Gasteiger partial charge in [0.05, 0.1) is 11.9 Å². The van der Waals surface area contributed by atoms with Crippen molar-refractivity contribution in [2.45, 2.75) is 40.3 Å². The smallest absolute Gasteiger partial charge is 0.244 e. The first-order valence-electron chi connectivity index (χ1n) is 10.7. The van der Waals surface area contributed by atoms with Crippen molar-refractivity contribution in [1.82, 2.24) is 10.2 Å². The summed E-state index contributed by atoms with van der Waals surface area (Å²) in [6.07, 6.45) is 1.06. The Bertz CT molecular complexity index is 1050. The predicted molar refractivity (Wildman–Crippen MR) is 135 cm³/mol. The number of hydrogen-bond acceptors (Lipinski definition) is 4. The Hall–Kier alpha value is -2.39. The van der Waals surface area contributed by atoms with E-state index in [2.05, 4.69) is 21.2 Å². The summed E-state index contributed by atoms with van der Waals surface area (Å²) in [5.41, 5.74) is 2.31. The largest absolute Gasteiger partial charge is 0.354 e. The molecule has 33 heavy (non-hydrogen) atoms. The average molecular weight is 539 g/mol. The first kappa shape index (κ1) is 26.9. The molecule has 0 aromatic heterocycles. The number of carbonyl (C=O) groups excluding carboxylic acids is 2. The lowest BCUT2D eigenvalue weighted by atomic mass is 10.1. The zero-order valence-electron chi connectivity index (χ0n) is 19.7. The summed E-state index contributed by atoms with van der Waals surface area (Å²) in [5.74, 6) is -0.477. The monoisotopic (exact) mass is 537 g/mol. The number of sulfonamides is 1. The lowest BCUT2D eigenvalue weighted by Crippen LogP contribution is -2.51. The van der Waals surface area contributed by atoms with Gasteiger partial charge in [-0.3, -0.25) is 13.9 Å². The molecular weight excluding hydrogens is 506 g/mol. The molecular formula is C24H32BrN3O4S. The number of hydrogen-bond donors (Lipinski definition) is 1. The Morgan fingerprint density at radius 2 is 1.58 bits per heavy atom. The standard InChI is InChI=1S/C24H32BrN3O4S/c1-17(2)14-26-24(30)19(4)27(15-20-8-6-18(3)7-9-20)23(29)16-28(33(5,31)32)22-12-10-21(25)11-13-22/h6-13,17,19H,14-16H2,1-5H3,(H,26,30). The number of benzene rings is 2. The number of carbonyl (C=O) groups is 2. The van der Waals surface area contributed by atoms with Gasteiger partial charge in [-0.05, 0) is 49.6 Å². The molecule has 1 N–H and O–H groups in total. The first-order chi connectivity index (χ1) is 15.4. The summed E-state index contributed by atoms with van der Waals surface area (Å²) in [6, 6.07) is 13.6. The zero-order valence-corrected chi connectivity index (χ0v) is 22.1. The third-order valence-electron chi connectivity index (χ3n) is 5.12. The number of nitrogens with zero attached hydrogens (tertiary/aromatic N) is 2. The highest BCUT2D eigenvalue weighted by molar-refractivity contribution is 9.10. The second-order valence-corrected chi connectivity index (χ2v) is 11.4. The maximum absolute atomic E-state index is 13.4. The van der Waals surface area contributed by atoms with Gasteiger partial charge in [0.2, 0.25) is 21.8 Å². The third-order valence-corrected chi connectivity index (χ3v) is 6.79. The fourth-order valence-corrected chi connectivity index (χ4v) is 4.26. The van der Waals surface area contributed by atoms with E-state index < -0.39 is 28.5 Å². The molecule has 9 heteroatoms. The van der Waals surface area contributed by atoms with Crippen molar-refractivity contribution >= 4 is 43.5 Å². The lowest BCUT2D eigenvalue weighted by Gasteiger charge is -2.31. The maximum atomic E-state index is 13.4. The SMILES string of the molecule is Cc1ccc(CN(C(=O)CN(c2ccc(Br)cc2)S(C)(=O)=O)C(C)C(=O)NCC(C)C)cc1. The minimum Gasteiger partial charge on any atom is -0.354 e. The first-order valence-corrected chi connectivity index (χ1v) is 13.4. The molecule has 2 rings (SSSR count). The molecule has 2 aromatic rings. The van der Waals surface area contributed by atoms with E-state index in [0.29, 0.717) is 12.2 Å². The Labute approximate surface area is 205 Å². The van der Waals surface area contributed by atoms with E-state index in [0.717, 1.165) is 26.2 Å². The van der Waals surface area contributed by atoms with Gasteiger partial charge < -0.3 is 10.2 Å². The van der Waals surface area contributed by atoms with Crippen molar-refractivity contribution in [1.29, 1.82) is 0 Å². The van der Waals surface area contributed by atoms with E-state index >= 15 is 0 Å². The molecule has 7 nitrogen and oxygen atoms in total. The highest BCUT2D eigenvalue weighted by Crippen LogP contribution is 2.21. The fourth-order valence-electron chi connectivity index (χ4n) is 3.15. The number of amides is 2. The van der Waals surface area contributed by atoms with Crippen molar-refractivity contribution in [2.75, 3.05) is 23.7 Å². The second-order valence-electron chi connectivity index (χ2n) is 8.57. The Morgan fingerprint density at radius 3 is 2.09 bits per heavy atom. The van der Waals surface area contributed by atoms with Gasteiger partial charge in [0.15, 0.2) is 0 Å². The molecule has 1 unspecified atom stereocenters. The van der Waals surface area contributed by atoms with Crippen LogP contribution < -0.4 is 9.62 Å². The van der Waals surface area contributed by atoms with E-state index in [4.69, 9.17) is 0 Å². The van der Waals surface area contributed by atoms with E-state index in [1.807, 2.05) is 45.0 Å². The molecule has 1 atom stereocenters. The van der Waals surface area contributed by atoms with Crippen LogP contribution in [0, 0.1) is 12.8 Å². The van der Waals surface area contributed by atoms with Crippen LogP contribution >= 0.6 is 15.9 Å². The number of rotatable bonds is 10. The summed E-state index contributed by atoms with van der Waals surface area (Å²) >= 11 is 3.33. The third kappa shape index (κ3) is 8.16. The van der Waals surface area contributed by atoms with Gasteiger partial charge in [-0.2, -0.15) is 0 Å². The van der Waals surface area contributed by atoms with E-state index in [9.17, 15) is 18.0 Å². The molecule has 0 radical (unpaired) electrons. The molecule has 0 aliphatic heterocycles. The molecule has 2 aromatic carbocycles.